The zero-order chi connectivity index (χ0) is 32.2. The van der Waals surface area contributed by atoms with Crippen molar-refractivity contribution < 1.29 is 24.0 Å². The maximum absolute atomic E-state index is 13.5. The number of non-ortho nitro benzene ring substituents is 1. The predicted octanol–water partition coefficient (Wildman–Crippen LogP) is 6.94. The fourth-order valence-electron chi connectivity index (χ4n) is 6.79. The lowest BCUT2D eigenvalue weighted by molar-refractivity contribution is -0.384. The first-order valence-electron chi connectivity index (χ1n) is 14.9. The fraction of sp³-hybridized carbons (Fsp3) is 0.189. The predicted molar refractivity (Wildman–Crippen MR) is 169 cm³/mol. The third kappa shape index (κ3) is 4.54. The molecule has 0 atom stereocenters. The molecule has 0 amide bonds. The molecule has 0 aliphatic heterocycles. The Bertz CT molecular complexity index is 1990. The lowest BCUT2D eigenvalue weighted by Gasteiger charge is -2.51. The van der Waals surface area contributed by atoms with E-state index in [1.54, 1.807) is 45.0 Å². The summed E-state index contributed by atoms with van der Waals surface area (Å²) in [6, 6.07) is 27.6. The van der Waals surface area contributed by atoms with Gasteiger partial charge in [-0.1, -0.05) is 60.7 Å². The molecule has 9 nitrogen and oxygen atoms in total. The second-order valence-corrected chi connectivity index (χ2v) is 12.6. The van der Waals surface area contributed by atoms with Gasteiger partial charge in [0.15, 0.2) is 5.69 Å². The minimum atomic E-state index is -0.918. The number of ether oxygens (including phenoxy) is 2. The number of hydrogen-bond donors (Lipinski definition) is 0. The quantitative estimate of drug-likeness (QED) is 0.0876. The van der Waals surface area contributed by atoms with Crippen LogP contribution in [0, 0.1) is 15.5 Å². The number of nitro groups is 1. The summed E-state index contributed by atoms with van der Waals surface area (Å²) in [5, 5.41) is 11.5. The Morgan fingerprint density at radius 1 is 0.848 bits per heavy atom. The van der Waals surface area contributed by atoms with Crippen LogP contribution in [0.4, 0.5) is 5.69 Å². The molecule has 4 aromatic carbocycles. The molecule has 8 rings (SSSR count). The summed E-state index contributed by atoms with van der Waals surface area (Å²) in [7, 11) is 0. The highest BCUT2D eigenvalue weighted by molar-refractivity contribution is 5.90. The smallest absolute Gasteiger partial charge is 0.362 e. The van der Waals surface area contributed by atoms with Crippen molar-refractivity contribution in [3.8, 4) is 11.5 Å². The lowest BCUT2D eigenvalue weighted by Crippen LogP contribution is -2.44. The maximum atomic E-state index is 13.5. The summed E-state index contributed by atoms with van der Waals surface area (Å²) in [6.07, 6.45) is 3.14. The zero-order valence-electron chi connectivity index (χ0n) is 25.4. The third-order valence-electron chi connectivity index (χ3n) is 8.77. The fourth-order valence-corrected chi connectivity index (χ4v) is 6.79. The molecule has 0 N–H and O–H groups in total. The minimum Gasteiger partial charge on any atom is -0.426 e. The van der Waals surface area contributed by atoms with Crippen LogP contribution < -0.4 is 9.47 Å². The molecule has 3 aliphatic rings. The topological polar surface area (TPSA) is 122 Å². The van der Waals surface area contributed by atoms with Crippen LogP contribution in [0.5, 0.6) is 11.5 Å². The Hall–Kier alpha value is -5.70. The van der Waals surface area contributed by atoms with E-state index in [1.165, 1.54) is 30.7 Å². The summed E-state index contributed by atoms with van der Waals surface area (Å²) in [4.78, 5) is 45.9. The normalized spacial score (nSPS) is 17.3. The highest BCUT2D eigenvalue weighted by Gasteiger charge is 2.54. The minimum absolute atomic E-state index is 0.00866. The molecule has 1 heterocycles. The molecule has 228 valence electrons. The maximum Gasteiger partial charge on any atom is 0.362 e. The van der Waals surface area contributed by atoms with Crippen LogP contribution in [0.3, 0.4) is 0 Å². The molecule has 0 saturated carbocycles. The molecular formula is C37H29N3O6. The number of nitrogens with zero attached hydrogens (tertiary/aromatic N) is 3. The van der Waals surface area contributed by atoms with Gasteiger partial charge in [0, 0.05) is 35.4 Å². The summed E-state index contributed by atoms with van der Waals surface area (Å²) in [5.41, 5.74) is 4.80. The van der Waals surface area contributed by atoms with Crippen LogP contribution in [0.2, 0.25) is 0 Å². The number of rotatable bonds is 6. The standard InChI is InChI=1S/C37H29N3O6/c1-36(2,3)35(42)46-29-16-17-30(45-34(41)28-18-19-38-21-39-28)33-32(29)31-24-8-4-6-10-26(24)37(33,27-11-7-5-9-25(27)31)20-22-12-14-23(15-13-22)40(43)44/h4-19,21,31H,20H2,1-3H3. The average molecular weight is 612 g/mol. The van der Waals surface area contributed by atoms with Crippen LogP contribution >= 0.6 is 0 Å². The van der Waals surface area contributed by atoms with Gasteiger partial charge in [-0.05, 0) is 73.2 Å². The molecule has 3 aliphatic carbocycles. The van der Waals surface area contributed by atoms with Gasteiger partial charge in [0.25, 0.3) is 5.69 Å². The highest BCUT2D eigenvalue weighted by atomic mass is 16.6. The van der Waals surface area contributed by atoms with E-state index in [-0.39, 0.29) is 17.3 Å². The van der Waals surface area contributed by atoms with Crippen LogP contribution in [-0.4, -0.2) is 26.8 Å². The van der Waals surface area contributed by atoms with Gasteiger partial charge in [-0.3, -0.25) is 14.9 Å². The molecular weight excluding hydrogens is 582 g/mol. The van der Waals surface area contributed by atoms with E-state index in [2.05, 4.69) is 34.2 Å². The Kier molecular flexibility index (Phi) is 6.77. The Labute approximate surface area is 265 Å². The first-order valence-corrected chi connectivity index (χ1v) is 14.9. The lowest BCUT2D eigenvalue weighted by atomic mass is 9.51. The Morgan fingerprint density at radius 2 is 1.48 bits per heavy atom. The Balaban J connectivity index is 1.53. The monoisotopic (exact) mass is 611 g/mol. The molecule has 46 heavy (non-hydrogen) atoms. The van der Waals surface area contributed by atoms with Crippen LogP contribution in [-0.2, 0) is 16.6 Å². The van der Waals surface area contributed by atoms with E-state index in [9.17, 15) is 19.7 Å². The summed E-state index contributed by atoms with van der Waals surface area (Å²) in [6.45, 7) is 5.39. The molecule has 5 aromatic rings. The number of carbonyl (C=O) groups excluding carboxylic acids is 2. The van der Waals surface area contributed by atoms with Crippen LogP contribution in [0.1, 0.15) is 76.1 Å². The SMILES string of the molecule is CC(C)(C)C(=O)Oc1ccc(OC(=O)c2ccncn2)c2c1C1c3ccccc3C2(Cc2ccc([N+](=O)[O-])cc2)c2ccccc21. The number of aromatic nitrogens is 2. The molecule has 0 radical (unpaired) electrons. The number of esters is 2. The molecule has 2 bridgehead atoms. The summed E-state index contributed by atoms with van der Waals surface area (Å²) < 4.78 is 12.3. The molecule has 1 aromatic heterocycles. The van der Waals surface area contributed by atoms with Crippen molar-refractivity contribution in [3.63, 3.8) is 0 Å². The second-order valence-electron chi connectivity index (χ2n) is 12.6. The van der Waals surface area contributed by atoms with E-state index >= 15 is 0 Å². The van der Waals surface area contributed by atoms with E-state index in [0.29, 0.717) is 23.5 Å². The number of carbonyl (C=O) groups is 2. The van der Waals surface area contributed by atoms with Crippen molar-refractivity contribution in [2.45, 2.75) is 38.5 Å². The van der Waals surface area contributed by atoms with E-state index < -0.39 is 27.7 Å². The van der Waals surface area contributed by atoms with Gasteiger partial charge in [0.1, 0.15) is 17.8 Å². The largest absolute Gasteiger partial charge is 0.426 e. The highest BCUT2D eigenvalue weighted by Crippen LogP contribution is 2.64. The number of benzene rings is 4. The van der Waals surface area contributed by atoms with Crippen molar-refractivity contribution in [1.82, 2.24) is 9.97 Å². The van der Waals surface area contributed by atoms with Crippen LogP contribution in [0.15, 0.2) is 104 Å². The summed E-state index contributed by atoms with van der Waals surface area (Å²) >= 11 is 0. The van der Waals surface area contributed by atoms with Gasteiger partial charge in [-0.25, -0.2) is 14.8 Å². The Morgan fingerprint density at radius 3 is 2.07 bits per heavy atom. The van der Waals surface area contributed by atoms with Crippen molar-refractivity contribution in [2.75, 3.05) is 0 Å². The first-order chi connectivity index (χ1) is 22.1. The van der Waals surface area contributed by atoms with E-state index in [1.807, 2.05) is 24.3 Å². The third-order valence-corrected chi connectivity index (χ3v) is 8.77. The molecule has 0 spiro atoms. The van der Waals surface area contributed by atoms with Crippen molar-refractivity contribution in [3.05, 3.63) is 158 Å². The second kappa shape index (κ2) is 10.7. The molecule has 9 heteroatoms. The molecule has 0 fully saturated rings. The van der Waals surface area contributed by atoms with Crippen molar-refractivity contribution in [2.24, 2.45) is 5.41 Å². The van der Waals surface area contributed by atoms with Crippen LogP contribution in [0.25, 0.3) is 0 Å². The van der Waals surface area contributed by atoms with Gasteiger partial charge in [-0.15, -0.1) is 0 Å². The molecule has 0 saturated heterocycles. The van der Waals surface area contributed by atoms with Crippen molar-refractivity contribution in [1.29, 1.82) is 0 Å². The van der Waals surface area contributed by atoms with Gasteiger partial charge < -0.3 is 9.47 Å². The number of nitro benzene ring substituents is 1. The molecule has 0 unspecified atom stereocenters. The zero-order valence-corrected chi connectivity index (χ0v) is 25.4. The number of hydrogen-bond acceptors (Lipinski definition) is 8. The van der Waals surface area contributed by atoms with Gasteiger partial charge >= 0.3 is 11.9 Å². The van der Waals surface area contributed by atoms with Gasteiger partial charge in [-0.2, -0.15) is 0 Å². The van der Waals surface area contributed by atoms with Crippen molar-refractivity contribution >= 4 is 17.6 Å². The average Bonchev–Trinajstić information content (AvgIpc) is 3.06. The van der Waals surface area contributed by atoms with Gasteiger partial charge in [0.2, 0.25) is 0 Å². The van der Waals surface area contributed by atoms with E-state index in [0.717, 1.165) is 33.4 Å². The summed E-state index contributed by atoms with van der Waals surface area (Å²) in [5.74, 6) is -0.670. The van der Waals surface area contributed by atoms with Gasteiger partial charge in [0.05, 0.1) is 15.8 Å². The first kappa shape index (κ1) is 29.0. The van der Waals surface area contributed by atoms with E-state index in [4.69, 9.17) is 9.47 Å².